The van der Waals surface area contributed by atoms with Gasteiger partial charge in [-0.2, -0.15) is 16.8 Å². The molecule has 2 heterocycles. The Labute approximate surface area is 292 Å². The minimum Gasteiger partial charge on any atom is -0.369 e. The number of benzene rings is 2. The maximum absolute atomic E-state index is 11.4. The zero-order valence-electron chi connectivity index (χ0n) is 27.7. The zero-order chi connectivity index (χ0) is 37.6. The minimum absolute atomic E-state index is 0.0108. The molecule has 0 unspecified atom stereocenters. The summed E-state index contributed by atoms with van der Waals surface area (Å²) in [5, 5.41) is 42.2. The molecule has 0 atom stereocenters. The largest absolute Gasteiger partial charge is 0.397 e. The molecular weight excluding hydrogens is 719 g/mol. The predicted molar refractivity (Wildman–Crippen MR) is 181 cm³/mol. The molecule has 0 bridgehead atoms. The van der Waals surface area contributed by atoms with Gasteiger partial charge in [-0.3, -0.25) is 19.2 Å². The first-order valence-corrected chi connectivity index (χ1v) is 17.5. The highest BCUT2D eigenvalue weighted by atomic mass is 32.3. The third-order valence-electron chi connectivity index (χ3n) is 6.55. The number of rotatable bonds is 17. The third kappa shape index (κ3) is 13.5. The normalized spacial score (nSPS) is 11.9. The maximum atomic E-state index is 11.4. The van der Waals surface area contributed by atoms with Gasteiger partial charge in [0.15, 0.2) is 0 Å². The molecule has 2 aromatic heterocycles. The highest BCUT2D eigenvalue weighted by Gasteiger charge is 2.20. The summed E-state index contributed by atoms with van der Waals surface area (Å²) in [6.07, 6.45) is 2.97. The van der Waals surface area contributed by atoms with E-state index in [1.165, 1.54) is 40.3 Å². The Balaban J connectivity index is 0.000000277. The number of azo groups is 2. The second-order valence-corrected chi connectivity index (χ2v) is 12.2. The molecule has 4 rings (SSSR count). The van der Waals surface area contributed by atoms with E-state index in [0.717, 1.165) is 5.69 Å². The molecular formula is C26H35N13O10S2. The molecule has 51 heavy (non-hydrogen) atoms. The highest BCUT2D eigenvalue weighted by Crippen LogP contribution is 2.33. The Kier molecular flexibility index (Phi) is 14.6. The van der Waals surface area contributed by atoms with Crippen LogP contribution in [-0.2, 0) is 43.3 Å². The van der Waals surface area contributed by atoms with Gasteiger partial charge in [0.05, 0.1) is 29.5 Å². The van der Waals surface area contributed by atoms with E-state index in [9.17, 15) is 26.9 Å². The number of hydrogen-bond donors (Lipinski definition) is 2. The van der Waals surface area contributed by atoms with Crippen molar-refractivity contribution in [2.45, 2.75) is 13.8 Å². The smallest absolute Gasteiger partial charge is 0.369 e. The number of aryl methyl sites for hydroxylation is 2. The standard InChI is InChI=1S/C13H17N7O6S.C13H18N6O4S/c1-3-19(6-7-26-27(23,24)25)11-5-4-10(8-12(11)20(21)22)15-17-13-16-14-9-18(13)2;1-3-19(8-9-23-24(20,21)22)12-6-4-11(5-7-12)15-17-13-16-14-10-18(13)2/h4-5,8-9H,3,6-7H2,1-2H3,(H,23,24,25);4-7,10H,3,8-9H2,1-2H3,(H,20,21,22). The minimum atomic E-state index is -4.58. The maximum Gasteiger partial charge on any atom is 0.397 e. The fourth-order valence-electron chi connectivity index (χ4n) is 4.08. The zero-order valence-corrected chi connectivity index (χ0v) is 29.4. The number of likely N-dealkylation sites (N-methyl/N-ethyl adjacent to an activating group) is 2. The van der Waals surface area contributed by atoms with Crippen LogP contribution in [0.2, 0.25) is 0 Å². The van der Waals surface area contributed by atoms with Gasteiger partial charge in [0.25, 0.3) is 17.6 Å². The van der Waals surface area contributed by atoms with Crippen molar-refractivity contribution in [1.29, 1.82) is 0 Å². The molecule has 4 aromatic rings. The van der Waals surface area contributed by atoms with Crippen molar-refractivity contribution in [3.63, 3.8) is 0 Å². The van der Waals surface area contributed by atoms with Crippen molar-refractivity contribution in [3.8, 4) is 0 Å². The van der Waals surface area contributed by atoms with Gasteiger partial charge >= 0.3 is 20.8 Å². The summed E-state index contributed by atoms with van der Waals surface area (Å²) in [4.78, 5) is 14.3. The molecule has 0 aliphatic rings. The molecule has 23 nitrogen and oxygen atoms in total. The van der Waals surface area contributed by atoms with Crippen LogP contribution in [0.15, 0.2) is 75.6 Å². The average molecular weight is 754 g/mol. The first-order valence-electron chi connectivity index (χ1n) is 14.7. The summed E-state index contributed by atoms with van der Waals surface area (Å²) in [6, 6.07) is 11.5. The van der Waals surface area contributed by atoms with E-state index in [0.29, 0.717) is 31.3 Å². The molecule has 2 aromatic carbocycles. The van der Waals surface area contributed by atoms with Crippen LogP contribution in [0.3, 0.4) is 0 Å². The van der Waals surface area contributed by atoms with Crippen LogP contribution in [0.1, 0.15) is 13.8 Å². The summed E-state index contributed by atoms with van der Waals surface area (Å²) in [7, 11) is -5.55. The van der Waals surface area contributed by atoms with Crippen LogP contribution in [0.5, 0.6) is 0 Å². The number of nitro groups is 1. The van der Waals surface area contributed by atoms with Crippen molar-refractivity contribution in [3.05, 3.63) is 65.2 Å². The topological polar surface area (TPSA) is 288 Å². The quantitative estimate of drug-likeness (QED) is 0.0673. The van der Waals surface area contributed by atoms with Crippen molar-refractivity contribution in [1.82, 2.24) is 29.5 Å². The van der Waals surface area contributed by atoms with Gasteiger partial charge in [-0.25, -0.2) is 8.37 Å². The van der Waals surface area contributed by atoms with E-state index in [4.69, 9.17) is 9.11 Å². The average Bonchev–Trinajstić information content (AvgIpc) is 3.69. The Morgan fingerprint density at radius 2 is 1.24 bits per heavy atom. The summed E-state index contributed by atoms with van der Waals surface area (Å²) < 4.78 is 71.3. The van der Waals surface area contributed by atoms with Crippen molar-refractivity contribution >= 4 is 61.1 Å². The fourth-order valence-corrected chi connectivity index (χ4v) is 4.65. The molecule has 25 heteroatoms. The number of hydrogen-bond acceptors (Lipinski definition) is 18. The van der Waals surface area contributed by atoms with Crippen LogP contribution < -0.4 is 9.80 Å². The lowest BCUT2D eigenvalue weighted by molar-refractivity contribution is -0.384. The summed E-state index contributed by atoms with van der Waals surface area (Å²) in [6.45, 7) is 4.48. The molecule has 0 saturated heterocycles. The molecule has 0 aliphatic carbocycles. The molecule has 0 amide bonds. The molecule has 0 saturated carbocycles. The first kappa shape index (κ1) is 40.1. The number of anilines is 2. The van der Waals surface area contributed by atoms with Gasteiger partial charge in [-0.15, -0.1) is 40.9 Å². The third-order valence-corrected chi connectivity index (χ3v) is 7.48. The van der Waals surface area contributed by atoms with E-state index >= 15 is 0 Å². The Morgan fingerprint density at radius 1 is 0.765 bits per heavy atom. The van der Waals surface area contributed by atoms with E-state index in [2.05, 4.69) is 49.2 Å². The van der Waals surface area contributed by atoms with E-state index in [1.54, 1.807) is 37.7 Å². The number of aromatic nitrogens is 6. The second kappa shape index (κ2) is 18.6. The van der Waals surface area contributed by atoms with Crippen LogP contribution in [0, 0.1) is 10.1 Å². The van der Waals surface area contributed by atoms with Crippen LogP contribution in [-0.4, -0.2) is 99.8 Å². The Hall–Kier alpha value is -5.34. The van der Waals surface area contributed by atoms with Crippen LogP contribution >= 0.6 is 0 Å². The summed E-state index contributed by atoms with van der Waals surface area (Å²) >= 11 is 0. The van der Waals surface area contributed by atoms with Gasteiger partial charge in [0, 0.05) is 52.0 Å². The van der Waals surface area contributed by atoms with Gasteiger partial charge < -0.3 is 18.9 Å². The summed E-state index contributed by atoms with van der Waals surface area (Å²) in [5.41, 5.74) is 1.76. The van der Waals surface area contributed by atoms with Gasteiger partial charge in [0.2, 0.25) is 0 Å². The Morgan fingerprint density at radius 3 is 1.67 bits per heavy atom. The van der Waals surface area contributed by atoms with Gasteiger partial charge in [0.1, 0.15) is 18.3 Å². The molecule has 0 radical (unpaired) electrons. The molecule has 0 spiro atoms. The molecule has 0 aliphatic heterocycles. The SMILES string of the molecule is CCN(CCOS(=O)(=O)O)c1ccc(N=Nc2nncn2C)cc1.CCN(CCOS(=O)(=O)O)c1ccc(N=Nc2nncn2C)cc1[N+](=O)[O-]. The van der Waals surface area contributed by atoms with Gasteiger partial charge in [-0.05, 0) is 50.2 Å². The molecule has 2 N–H and O–H groups in total. The van der Waals surface area contributed by atoms with E-state index in [1.807, 2.05) is 24.0 Å². The highest BCUT2D eigenvalue weighted by molar-refractivity contribution is 7.81. The van der Waals surface area contributed by atoms with Crippen LogP contribution in [0.4, 0.5) is 40.3 Å². The Bertz CT molecular complexity index is 2020. The monoisotopic (exact) mass is 753 g/mol. The lowest BCUT2D eigenvalue weighted by Gasteiger charge is -2.22. The predicted octanol–water partition coefficient (Wildman–Crippen LogP) is 3.66. The lowest BCUT2D eigenvalue weighted by Crippen LogP contribution is -2.28. The van der Waals surface area contributed by atoms with E-state index in [-0.39, 0.29) is 42.8 Å². The molecule has 0 fully saturated rings. The van der Waals surface area contributed by atoms with E-state index < -0.39 is 25.7 Å². The van der Waals surface area contributed by atoms with Crippen molar-refractivity contribution in [2.24, 2.45) is 34.6 Å². The second-order valence-electron chi connectivity index (χ2n) is 9.99. The summed E-state index contributed by atoms with van der Waals surface area (Å²) in [5.74, 6) is 0.635. The first-order chi connectivity index (χ1) is 24.1. The number of nitro benzene ring substituents is 1. The van der Waals surface area contributed by atoms with Crippen molar-refractivity contribution in [2.75, 3.05) is 49.2 Å². The number of nitrogens with zero attached hydrogens (tertiary/aromatic N) is 13. The van der Waals surface area contributed by atoms with Gasteiger partial charge in [-0.1, -0.05) is 0 Å². The van der Waals surface area contributed by atoms with Crippen LogP contribution in [0.25, 0.3) is 0 Å². The molecule has 276 valence electrons. The fraction of sp³-hybridized carbons (Fsp3) is 0.385. The lowest BCUT2D eigenvalue weighted by atomic mass is 10.2. The van der Waals surface area contributed by atoms with Crippen molar-refractivity contribution < 1.29 is 39.2 Å².